The Morgan fingerprint density at radius 2 is 2.13 bits per heavy atom. The Hall–Kier alpha value is -1.51. The number of piperazine rings is 1. The van der Waals surface area contributed by atoms with Crippen molar-refractivity contribution in [1.29, 1.82) is 0 Å². The van der Waals surface area contributed by atoms with E-state index in [1.54, 1.807) is 4.68 Å². The van der Waals surface area contributed by atoms with Crippen molar-refractivity contribution in [2.24, 2.45) is 11.5 Å². The lowest BCUT2D eigenvalue weighted by molar-refractivity contribution is -0.136. The average molecular weight is 323 g/mol. The highest BCUT2D eigenvalue weighted by Gasteiger charge is 2.28. The van der Waals surface area contributed by atoms with Gasteiger partial charge >= 0.3 is 0 Å². The van der Waals surface area contributed by atoms with Crippen LogP contribution >= 0.6 is 0 Å². The smallest absolute Gasteiger partial charge is 0.247 e. The summed E-state index contributed by atoms with van der Waals surface area (Å²) in [5.41, 5.74) is 12.3. The maximum atomic E-state index is 12.9. The van der Waals surface area contributed by atoms with E-state index in [0.29, 0.717) is 6.54 Å². The number of hydrogen-bond donors (Lipinski definition) is 3. The van der Waals surface area contributed by atoms with Crippen molar-refractivity contribution in [3.8, 4) is 0 Å². The van der Waals surface area contributed by atoms with Crippen molar-refractivity contribution >= 4 is 5.91 Å². The molecular formula is C15H29N7O. The zero-order valence-electron chi connectivity index (χ0n) is 13.9. The maximum absolute atomic E-state index is 12.9. The molecule has 5 N–H and O–H groups in total. The molecule has 1 aliphatic heterocycles. The number of nitrogens with one attached hydrogen (secondary N) is 1. The second-order valence-electron chi connectivity index (χ2n) is 6.01. The fourth-order valence-corrected chi connectivity index (χ4v) is 2.77. The van der Waals surface area contributed by atoms with Crippen LogP contribution in [0.25, 0.3) is 0 Å². The quantitative estimate of drug-likeness (QED) is 0.570. The number of rotatable bonds is 8. The molecule has 0 radical (unpaired) electrons. The molecule has 1 aliphatic rings. The molecule has 130 valence electrons. The van der Waals surface area contributed by atoms with Crippen LogP contribution in [0.1, 0.15) is 50.4 Å². The van der Waals surface area contributed by atoms with Crippen LogP contribution in [0.2, 0.25) is 0 Å². The van der Waals surface area contributed by atoms with Crippen LogP contribution < -0.4 is 16.8 Å². The molecule has 1 aromatic heterocycles. The van der Waals surface area contributed by atoms with Crippen molar-refractivity contribution in [2.45, 2.75) is 44.7 Å². The van der Waals surface area contributed by atoms with Gasteiger partial charge in [0.1, 0.15) is 6.04 Å². The van der Waals surface area contributed by atoms with Gasteiger partial charge < -0.3 is 21.7 Å². The number of hydrogen-bond acceptors (Lipinski definition) is 6. The predicted molar refractivity (Wildman–Crippen MR) is 88.6 cm³/mol. The van der Waals surface area contributed by atoms with Gasteiger partial charge in [-0.15, -0.1) is 5.10 Å². The van der Waals surface area contributed by atoms with Crippen LogP contribution in [-0.2, 0) is 4.79 Å². The Kier molecular flexibility index (Phi) is 6.94. The first-order valence-corrected chi connectivity index (χ1v) is 8.54. The van der Waals surface area contributed by atoms with Crippen molar-refractivity contribution < 1.29 is 4.79 Å². The Balaban J connectivity index is 2.12. The third-order valence-electron chi connectivity index (χ3n) is 4.31. The fourth-order valence-electron chi connectivity index (χ4n) is 2.77. The monoisotopic (exact) mass is 323 g/mol. The summed E-state index contributed by atoms with van der Waals surface area (Å²) in [5.74, 6) is 0.116. The minimum Gasteiger partial charge on any atom is -0.338 e. The van der Waals surface area contributed by atoms with Gasteiger partial charge in [-0.25, -0.2) is 4.68 Å². The topological polar surface area (TPSA) is 115 Å². The second kappa shape index (κ2) is 8.95. The number of carbonyl (C=O) groups excluding carboxylic acids is 1. The van der Waals surface area contributed by atoms with E-state index in [1.165, 1.54) is 0 Å². The van der Waals surface area contributed by atoms with Crippen molar-refractivity contribution in [2.75, 3.05) is 32.7 Å². The molecule has 1 saturated heterocycles. The molecule has 0 unspecified atom stereocenters. The molecule has 2 rings (SSSR count). The molecule has 2 atom stereocenters. The highest BCUT2D eigenvalue weighted by Crippen LogP contribution is 2.20. The maximum Gasteiger partial charge on any atom is 0.247 e. The number of aromatic nitrogens is 3. The Morgan fingerprint density at radius 3 is 2.78 bits per heavy atom. The molecule has 23 heavy (non-hydrogen) atoms. The molecule has 0 saturated carbocycles. The van der Waals surface area contributed by atoms with Crippen molar-refractivity contribution in [1.82, 2.24) is 25.2 Å². The zero-order chi connectivity index (χ0) is 16.7. The van der Waals surface area contributed by atoms with Crippen LogP contribution in [0, 0.1) is 0 Å². The highest BCUT2D eigenvalue weighted by molar-refractivity contribution is 5.80. The van der Waals surface area contributed by atoms with Gasteiger partial charge in [0.05, 0.1) is 17.9 Å². The van der Waals surface area contributed by atoms with Gasteiger partial charge in [0.2, 0.25) is 5.91 Å². The van der Waals surface area contributed by atoms with Gasteiger partial charge in [0.25, 0.3) is 0 Å². The van der Waals surface area contributed by atoms with E-state index >= 15 is 0 Å². The molecule has 8 nitrogen and oxygen atoms in total. The largest absolute Gasteiger partial charge is 0.338 e. The molecule has 1 aromatic rings. The van der Waals surface area contributed by atoms with Crippen molar-refractivity contribution in [3.63, 3.8) is 0 Å². The minimum atomic E-state index is -0.315. The van der Waals surface area contributed by atoms with E-state index < -0.39 is 0 Å². The minimum absolute atomic E-state index is 0.116. The molecule has 0 bridgehead atoms. The summed E-state index contributed by atoms with van der Waals surface area (Å²) in [4.78, 5) is 14.8. The molecule has 0 aromatic carbocycles. The summed E-state index contributed by atoms with van der Waals surface area (Å²) in [6.07, 6.45) is 5.14. The summed E-state index contributed by atoms with van der Waals surface area (Å²) >= 11 is 0. The Bertz CT molecular complexity index is 484. The van der Waals surface area contributed by atoms with Gasteiger partial charge in [-0.2, -0.15) is 0 Å². The van der Waals surface area contributed by atoms with Crippen LogP contribution in [0.4, 0.5) is 0 Å². The molecular weight excluding hydrogens is 294 g/mol. The van der Waals surface area contributed by atoms with E-state index in [4.69, 9.17) is 11.5 Å². The lowest BCUT2D eigenvalue weighted by atomic mass is 10.1. The van der Waals surface area contributed by atoms with E-state index in [2.05, 4.69) is 15.6 Å². The SMILES string of the molecule is CC[C@H](N)c1cn([C@@H](CCCCN)C(=O)N2CCNCC2)nn1. The summed E-state index contributed by atoms with van der Waals surface area (Å²) < 4.78 is 1.69. The molecule has 2 heterocycles. The zero-order valence-corrected chi connectivity index (χ0v) is 13.9. The number of carbonyl (C=O) groups is 1. The van der Waals surface area contributed by atoms with Crippen molar-refractivity contribution in [3.05, 3.63) is 11.9 Å². The van der Waals surface area contributed by atoms with Crippen LogP contribution in [0.5, 0.6) is 0 Å². The number of unbranched alkanes of at least 4 members (excludes halogenated alkanes) is 1. The Labute approximate surface area is 137 Å². The first-order valence-electron chi connectivity index (χ1n) is 8.54. The third kappa shape index (κ3) is 4.73. The summed E-state index contributed by atoms with van der Waals surface area (Å²) in [7, 11) is 0. The average Bonchev–Trinajstić information content (AvgIpc) is 3.08. The van der Waals surface area contributed by atoms with Gasteiger partial charge in [0.15, 0.2) is 0 Å². The van der Waals surface area contributed by atoms with Gasteiger partial charge in [-0.3, -0.25) is 4.79 Å². The normalized spacial score (nSPS) is 18.0. The molecule has 1 amide bonds. The van der Waals surface area contributed by atoms with Crippen LogP contribution in [-0.4, -0.2) is 58.5 Å². The first-order chi connectivity index (χ1) is 11.2. The van der Waals surface area contributed by atoms with Crippen LogP contribution in [0.3, 0.4) is 0 Å². The van der Waals surface area contributed by atoms with E-state index in [-0.39, 0.29) is 18.0 Å². The second-order valence-corrected chi connectivity index (χ2v) is 6.01. The molecule has 8 heteroatoms. The molecule has 1 fully saturated rings. The van der Waals surface area contributed by atoms with Gasteiger partial charge in [-0.1, -0.05) is 12.1 Å². The summed E-state index contributed by atoms with van der Waals surface area (Å²) in [6, 6.07) is -0.451. The fraction of sp³-hybridized carbons (Fsp3) is 0.800. The standard InChI is InChI=1S/C15H29N7O/c1-2-12(17)13-11-22(20-19-13)14(5-3-4-6-16)15(23)21-9-7-18-8-10-21/h11-12,14,18H,2-10,16-17H2,1H3/t12-,14-/m0/s1. The third-order valence-corrected chi connectivity index (χ3v) is 4.31. The summed E-state index contributed by atoms with van der Waals surface area (Å²) in [6.45, 7) is 5.80. The lowest BCUT2D eigenvalue weighted by Crippen LogP contribution is -2.48. The van der Waals surface area contributed by atoms with Gasteiger partial charge in [-0.05, 0) is 32.2 Å². The number of amides is 1. The first kappa shape index (κ1) is 17.8. The molecule has 0 spiro atoms. The van der Waals surface area contributed by atoms with E-state index in [0.717, 1.165) is 57.6 Å². The molecule has 0 aliphatic carbocycles. The highest BCUT2D eigenvalue weighted by atomic mass is 16.2. The van der Waals surface area contributed by atoms with E-state index in [9.17, 15) is 4.79 Å². The van der Waals surface area contributed by atoms with Crippen LogP contribution in [0.15, 0.2) is 6.20 Å². The summed E-state index contributed by atoms with van der Waals surface area (Å²) in [5, 5.41) is 11.6. The van der Waals surface area contributed by atoms with Gasteiger partial charge in [0, 0.05) is 26.2 Å². The number of nitrogens with zero attached hydrogens (tertiary/aromatic N) is 4. The number of nitrogens with two attached hydrogens (primary N) is 2. The van der Waals surface area contributed by atoms with E-state index in [1.807, 2.05) is 18.0 Å². The Morgan fingerprint density at radius 1 is 1.39 bits per heavy atom. The predicted octanol–water partition coefficient (Wildman–Crippen LogP) is -0.210. The lowest BCUT2D eigenvalue weighted by Gasteiger charge is -2.30.